The zero-order valence-corrected chi connectivity index (χ0v) is 12.7. The maximum atomic E-state index is 12.4. The van der Waals surface area contributed by atoms with Crippen LogP contribution in [-0.2, 0) is 6.54 Å². The molecule has 0 saturated carbocycles. The molecule has 1 N–H and O–H groups in total. The lowest BCUT2D eigenvalue weighted by Crippen LogP contribution is -2.35. The van der Waals surface area contributed by atoms with Crippen molar-refractivity contribution < 1.29 is 4.79 Å². The molecule has 1 aromatic carbocycles. The van der Waals surface area contributed by atoms with Crippen LogP contribution in [0.2, 0.25) is 0 Å². The number of hydrogen-bond acceptors (Lipinski definition) is 3. The molecule has 112 valence electrons. The molecule has 0 bridgehead atoms. The number of fused-ring (bicyclic) bond motifs is 1. The van der Waals surface area contributed by atoms with Crippen molar-refractivity contribution in [3.05, 3.63) is 40.3 Å². The van der Waals surface area contributed by atoms with E-state index in [-0.39, 0.29) is 17.5 Å². The third-order valence-electron chi connectivity index (χ3n) is 3.51. The fourth-order valence-electron chi connectivity index (χ4n) is 2.16. The summed E-state index contributed by atoms with van der Waals surface area (Å²) in [6, 6.07) is 7.20. The first-order valence-corrected chi connectivity index (χ1v) is 7.39. The average Bonchev–Trinajstić information content (AvgIpc) is 2.50. The van der Waals surface area contributed by atoms with Crippen molar-refractivity contribution in [3.63, 3.8) is 0 Å². The molecule has 2 aromatic rings. The first-order valence-electron chi connectivity index (χ1n) is 7.39. The number of benzene rings is 1. The first kappa shape index (κ1) is 15.2. The number of rotatable bonds is 5. The topological polar surface area (TPSA) is 64.0 Å². The predicted molar refractivity (Wildman–Crippen MR) is 83.5 cm³/mol. The Balaban J connectivity index is 2.59. The van der Waals surface area contributed by atoms with E-state index in [9.17, 15) is 9.59 Å². The number of amides is 1. The number of nitrogens with zero attached hydrogens (tertiary/aromatic N) is 2. The highest BCUT2D eigenvalue weighted by molar-refractivity contribution is 6.04. The van der Waals surface area contributed by atoms with E-state index < -0.39 is 0 Å². The van der Waals surface area contributed by atoms with E-state index in [0.717, 1.165) is 12.8 Å². The highest BCUT2D eigenvalue weighted by Gasteiger charge is 2.17. The van der Waals surface area contributed by atoms with E-state index in [1.807, 2.05) is 26.8 Å². The Hall–Kier alpha value is -2.17. The van der Waals surface area contributed by atoms with Gasteiger partial charge in [-0.2, -0.15) is 5.10 Å². The number of carbonyl (C=O) groups excluding carboxylic acids is 1. The largest absolute Gasteiger partial charge is 0.348 e. The lowest BCUT2D eigenvalue weighted by atomic mass is 10.1. The minimum Gasteiger partial charge on any atom is -0.348 e. The van der Waals surface area contributed by atoms with Crippen LogP contribution in [0.3, 0.4) is 0 Å². The number of aryl methyl sites for hydroxylation is 1. The van der Waals surface area contributed by atoms with Crippen molar-refractivity contribution in [1.29, 1.82) is 0 Å². The van der Waals surface area contributed by atoms with Crippen LogP contribution in [0.1, 0.15) is 44.1 Å². The third-order valence-corrected chi connectivity index (χ3v) is 3.51. The SMILES string of the molecule is CCCn1nc(C(=O)N[C@@H](C)CC)c2ccccc2c1=O. The molecule has 1 aromatic heterocycles. The molecule has 0 aliphatic heterocycles. The van der Waals surface area contributed by atoms with Gasteiger partial charge >= 0.3 is 0 Å². The Morgan fingerprint density at radius 2 is 1.95 bits per heavy atom. The zero-order chi connectivity index (χ0) is 15.4. The fraction of sp³-hybridized carbons (Fsp3) is 0.438. The number of carbonyl (C=O) groups is 1. The molecular weight excluding hydrogens is 266 g/mol. The molecule has 5 nitrogen and oxygen atoms in total. The van der Waals surface area contributed by atoms with E-state index >= 15 is 0 Å². The van der Waals surface area contributed by atoms with Crippen LogP contribution in [0, 0.1) is 0 Å². The minimum atomic E-state index is -0.231. The van der Waals surface area contributed by atoms with Crippen molar-refractivity contribution in [2.75, 3.05) is 0 Å². The molecule has 0 fully saturated rings. The number of aromatic nitrogens is 2. The maximum Gasteiger partial charge on any atom is 0.274 e. The van der Waals surface area contributed by atoms with Gasteiger partial charge in [0.15, 0.2) is 5.69 Å². The van der Waals surface area contributed by atoms with E-state index in [4.69, 9.17) is 0 Å². The van der Waals surface area contributed by atoms with Crippen LogP contribution in [0.25, 0.3) is 10.8 Å². The van der Waals surface area contributed by atoms with Gasteiger partial charge in [-0.05, 0) is 25.8 Å². The number of hydrogen-bond donors (Lipinski definition) is 1. The Morgan fingerprint density at radius 3 is 2.57 bits per heavy atom. The van der Waals surface area contributed by atoms with Gasteiger partial charge in [-0.25, -0.2) is 4.68 Å². The van der Waals surface area contributed by atoms with Gasteiger partial charge in [-0.1, -0.05) is 32.0 Å². The molecule has 1 atom stereocenters. The van der Waals surface area contributed by atoms with Crippen LogP contribution in [-0.4, -0.2) is 21.7 Å². The summed E-state index contributed by atoms with van der Waals surface area (Å²) in [5, 5.41) is 8.32. The van der Waals surface area contributed by atoms with Crippen LogP contribution < -0.4 is 10.9 Å². The van der Waals surface area contributed by atoms with Crippen molar-refractivity contribution in [2.24, 2.45) is 0 Å². The summed E-state index contributed by atoms with van der Waals surface area (Å²) in [6.45, 7) is 6.44. The third kappa shape index (κ3) is 3.12. The molecular formula is C16H21N3O2. The summed E-state index contributed by atoms with van der Waals surface area (Å²) in [7, 11) is 0. The molecule has 5 heteroatoms. The fourth-order valence-corrected chi connectivity index (χ4v) is 2.16. The van der Waals surface area contributed by atoms with Crippen molar-refractivity contribution >= 4 is 16.7 Å². The summed E-state index contributed by atoms with van der Waals surface area (Å²) in [6.07, 6.45) is 1.63. The summed E-state index contributed by atoms with van der Waals surface area (Å²) >= 11 is 0. The van der Waals surface area contributed by atoms with Crippen LogP contribution in [0.5, 0.6) is 0 Å². The van der Waals surface area contributed by atoms with Gasteiger partial charge < -0.3 is 5.32 Å². The molecule has 0 unspecified atom stereocenters. The summed E-state index contributed by atoms with van der Waals surface area (Å²) in [4.78, 5) is 24.7. The standard InChI is InChI=1S/C16H21N3O2/c1-4-10-19-16(21)13-9-7-6-8-12(13)14(18-19)15(20)17-11(3)5-2/h6-9,11H,4-5,10H2,1-3H3,(H,17,20)/t11-/m0/s1. The summed E-state index contributed by atoms with van der Waals surface area (Å²) < 4.78 is 1.38. The highest BCUT2D eigenvalue weighted by Crippen LogP contribution is 2.13. The molecule has 2 rings (SSSR count). The quantitative estimate of drug-likeness (QED) is 0.918. The monoisotopic (exact) mass is 287 g/mol. The lowest BCUT2D eigenvalue weighted by Gasteiger charge is -2.13. The predicted octanol–water partition coefficient (Wildman–Crippen LogP) is 2.33. The Bertz CT molecular complexity index is 706. The Kier molecular flexibility index (Phi) is 4.73. The van der Waals surface area contributed by atoms with Crippen LogP contribution >= 0.6 is 0 Å². The minimum absolute atomic E-state index is 0.0737. The normalized spacial score (nSPS) is 12.3. The summed E-state index contributed by atoms with van der Waals surface area (Å²) in [5.74, 6) is -0.231. The molecule has 1 amide bonds. The van der Waals surface area contributed by atoms with E-state index in [0.29, 0.717) is 23.0 Å². The van der Waals surface area contributed by atoms with E-state index in [1.54, 1.807) is 18.2 Å². The second-order valence-electron chi connectivity index (χ2n) is 5.21. The van der Waals surface area contributed by atoms with Gasteiger partial charge in [0.2, 0.25) is 0 Å². The van der Waals surface area contributed by atoms with Crippen molar-refractivity contribution in [3.8, 4) is 0 Å². The lowest BCUT2D eigenvalue weighted by molar-refractivity contribution is 0.0933. The smallest absolute Gasteiger partial charge is 0.274 e. The molecule has 1 heterocycles. The van der Waals surface area contributed by atoms with Gasteiger partial charge in [0.1, 0.15) is 0 Å². The molecule has 0 radical (unpaired) electrons. The average molecular weight is 287 g/mol. The van der Waals surface area contributed by atoms with E-state index in [1.165, 1.54) is 4.68 Å². The Labute approximate surface area is 124 Å². The molecule has 0 aliphatic rings. The van der Waals surface area contributed by atoms with Gasteiger partial charge in [-0.15, -0.1) is 0 Å². The van der Waals surface area contributed by atoms with Gasteiger partial charge in [0.25, 0.3) is 11.5 Å². The van der Waals surface area contributed by atoms with E-state index in [2.05, 4.69) is 10.4 Å². The van der Waals surface area contributed by atoms with Gasteiger partial charge in [0, 0.05) is 18.0 Å². The first-order chi connectivity index (χ1) is 10.1. The summed E-state index contributed by atoms with van der Waals surface area (Å²) in [5.41, 5.74) is 0.173. The Morgan fingerprint density at radius 1 is 1.29 bits per heavy atom. The molecule has 21 heavy (non-hydrogen) atoms. The van der Waals surface area contributed by atoms with Crippen LogP contribution in [0.4, 0.5) is 0 Å². The molecule has 0 spiro atoms. The molecule has 0 saturated heterocycles. The maximum absolute atomic E-state index is 12.4. The van der Waals surface area contributed by atoms with Crippen molar-refractivity contribution in [1.82, 2.24) is 15.1 Å². The zero-order valence-electron chi connectivity index (χ0n) is 12.7. The highest BCUT2D eigenvalue weighted by atomic mass is 16.2. The molecule has 0 aliphatic carbocycles. The second-order valence-corrected chi connectivity index (χ2v) is 5.21. The number of nitrogens with one attached hydrogen (secondary N) is 1. The van der Waals surface area contributed by atoms with Crippen LogP contribution in [0.15, 0.2) is 29.1 Å². The van der Waals surface area contributed by atoms with Gasteiger partial charge in [-0.3, -0.25) is 9.59 Å². The van der Waals surface area contributed by atoms with Crippen molar-refractivity contribution in [2.45, 2.75) is 46.2 Å². The second kappa shape index (κ2) is 6.52. The van der Waals surface area contributed by atoms with Gasteiger partial charge in [0.05, 0.1) is 5.39 Å².